The van der Waals surface area contributed by atoms with Crippen LogP contribution >= 0.6 is 11.8 Å². The van der Waals surface area contributed by atoms with Crippen LogP contribution in [0.5, 0.6) is 0 Å². The number of rotatable bonds is 4. The van der Waals surface area contributed by atoms with E-state index in [4.69, 9.17) is 4.42 Å². The van der Waals surface area contributed by atoms with Crippen molar-refractivity contribution >= 4 is 17.5 Å². The van der Waals surface area contributed by atoms with Crippen LogP contribution in [0.15, 0.2) is 46.6 Å². The third kappa shape index (κ3) is 2.50. The van der Waals surface area contributed by atoms with Gasteiger partial charge in [0.15, 0.2) is 11.0 Å². The quantitative estimate of drug-likeness (QED) is 0.537. The average Bonchev–Trinajstić information content (AvgIpc) is 3.23. The SMILES string of the molecule is Cc1occc1-c1nnc(SCc2cn3cccnc3n2)n1C. The minimum absolute atomic E-state index is 0.704. The van der Waals surface area contributed by atoms with Crippen LogP contribution in [-0.2, 0) is 12.8 Å². The van der Waals surface area contributed by atoms with E-state index in [0.717, 1.165) is 28.0 Å². The minimum atomic E-state index is 0.704. The Hall–Kier alpha value is -2.61. The summed E-state index contributed by atoms with van der Waals surface area (Å²) in [6.07, 6.45) is 7.32. The van der Waals surface area contributed by atoms with E-state index >= 15 is 0 Å². The monoisotopic (exact) mass is 326 g/mol. The molecule has 4 aromatic heterocycles. The Bertz CT molecular complexity index is 936. The third-order valence-electron chi connectivity index (χ3n) is 3.57. The van der Waals surface area contributed by atoms with Crippen molar-refractivity contribution in [3.63, 3.8) is 0 Å². The fourth-order valence-electron chi connectivity index (χ4n) is 2.38. The molecule has 0 unspecified atom stereocenters. The van der Waals surface area contributed by atoms with Gasteiger partial charge in [0.1, 0.15) is 5.76 Å². The summed E-state index contributed by atoms with van der Waals surface area (Å²) in [6.45, 7) is 1.92. The second kappa shape index (κ2) is 5.54. The summed E-state index contributed by atoms with van der Waals surface area (Å²) in [6, 6.07) is 3.79. The van der Waals surface area contributed by atoms with E-state index in [9.17, 15) is 0 Å². The molecule has 0 aliphatic rings. The van der Waals surface area contributed by atoms with E-state index in [2.05, 4.69) is 20.2 Å². The van der Waals surface area contributed by atoms with E-state index < -0.39 is 0 Å². The number of hydrogen-bond acceptors (Lipinski definition) is 6. The first-order chi connectivity index (χ1) is 11.2. The van der Waals surface area contributed by atoms with Gasteiger partial charge in [0, 0.05) is 31.4 Å². The zero-order valence-corrected chi connectivity index (χ0v) is 13.5. The fourth-order valence-corrected chi connectivity index (χ4v) is 3.17. The van der Waals surface area contributed by atoms with Crippen molar-refractivity contribution in [3.05, 3.63) is 48.4 Å². The summed E-state index contributed by atoms with van der Waals surface area (Å²) in [7, 11) is 1.95. The summed E-state index contributed by atoms with van der Waals surface area (Å²) in [5, 5.41) is 9.37. The topological polar surface area (TPSA) is 74.0 Å². The lowest BCUT2D eigenvalue weighted by atomic mass is 10.2. The Morgan fingerprint density at radius 2 is 2.22 bits per heavy atom. The van der Waals surface area contributed by atoms with E-state index in [1.165, 1.54) is 0 Å². The average molecular weight is 326 g/mol. The molecule has 23 heavy (non-hydrogen) atoms. The van der Waals surface area contributed by atoms with Gasteiger partial charge in [0.2, 0.25) is 5.78 Å². The Morgan fingerprint density at radius 3 is 3.00 bits per heavy atom. The Balaban J connectivity index is 1.55. The van der Waals surface area contributed by atoms with Gasteiger partial charge >= 0.3 is 0 Å². The molecular formula is C15H14N6OS. The largest absolute Gasteiger partial charge is 0.469 e. The van der Waals surface area contributed by atoms with Gasteiger partial charge < -0.3 is 8.98 Å². The molecule has 4 heterocycles. The summed E-state index contributed by atoms with van der Waals surface area (Å²) < 4.78 is 9.22. The van der Waals surface area contributed by atoms with E-state index in [-0.39, 0.29) is 0 Å². The summed E-state index contributed by atoms with van der Waals surface area (Å²) in [5.41, 5.74) is 1.92. The predicted molar refractivity (Wildman–Crippen MR) is 86.0 cm³/mol. The van der Waals surface area contributed by atoms with Crippen molar-refractivity contribution in [2.75, 3.05) is 0 Å². The number of imidazole rings is 1. The molecule has 7 nitrogen and oxygen atoms in total. The minimum Gasteiger partial charge on any atom is -0.469 e. The van der Waals surface area contributed by atoms with Crippen molar-refractivity contribution < 1.29 is 4.42 Å². The highest BCUT2D eigenvalue weighted by Gasteiger charge is 2.15. The highest BCUT2D eigenvalue weighted by atomic mass is 32.2. The maximum absolute atomic E-state index is 5.34. The van der Waals surface area contributed by atoms with Crippen LogP contribution in [0.2, 0.25) is 0 Å². The molecule has 0 saturated carbocycles. The molecule has 0 saturated heterocycles. The fraction of sp³-hybridized carbons (Fsp3) is 0.200. The van der Waals surface area contributed by atoms with Crippen LogP contribution in [0.3, 0.4) is 0 Å². The molecule has 0 bridgehead atoms. The van der Waals surface area contributed by atoms with Gasteiger partial charge in [-0.05, 0) is 19.1 Å². The molecule has 4 aromatic rings. The van der Waals surface area contributed by atoms with Crippen LogP contribution in [0, 0.1) is 6.92 Å². The first-order valence-electron chi connectivity index (χ1n) is 7.07. The third-order valence-corrected chi connectivity index (χ3v) is 4.62. The van der Waals surface area contributed by atoms with Gasteiger partial charge in [-0.2, -0.15) is 0 Å². The Morgan fingerprint density at radius 1 is 1.30 bits per heavy atom. The molecule has 8 heteroatoms. The zero-order chi connectivity index (χ0) is 15.8. The van der Waals surface area contributed by atoms with Gasteiger partial charge in [-0.3, -0.25) is 4.40 Å². The lowest BCUT2D eigenvalue weighted by Gasteiger charge is -2.01. The molecule has 0 N–H and O–H groups in total. The van der Waals surface area contributed by atoms with Crippen LogP contribution in [-0.4, -0.2) is 29.1 Å². The molecule has 0 aliphatic carbocycles. The summed E-state index contributed by atoms with van der Waals surface area (Å²) in [4.78, 5) is 8.71. The molecule has 0 spiro atoms. The van der Waals surface area contributed by atoms with Gasteiger partial charge in [-0.1, -0.05) is 11.8 Å². The molecule has 116 valence electrons. The van der Waals surface area contributed by atoms with Crippen molar-refractivity contribution in [1.29, 1.82) is 0 Å². The molecule has 0 aliphatic heterocycles. The number of aryl methyl sites for hydroxylation is 1. The number of fused-ring (bicyclic) bond motifs is 1. The first-order valence-corrected chi connectivity index (χ1v) is 8.06. The number of furan rings is 1. The van der Waals surface area contributed by atoms with E-state index in [1.54, 1.807) is 24.2 Å². The van der Waals surface area contributed by atoms with Crippen LogP contribution in [0.25, 0.3) is 17.2 Å². The number of hydrogen-bond donors (Lipinski definition) is 0. The van der Waals surface area contributed by atoms with E-state index in [1.807, 2.05) is 47.5 Å². The molecule has 0 fully saturated rings. The molecule has 0 aromatic carbocycles. The van der Waals surface area contributed by atoms with Crippen LogP contribution in [0.1, 0.15) is 11.5 Å². The summed E-state index contributed by atoms with van der Waals surface area (Å²) in [5.74, 6) is 3.05. The normalized spacial score (nSPS) is 11.4. The van der Waals surface area contributed by atoms with Crippen molar-refractivity contribution in [1.82, 2.24) is 29.1 Å². The number of aromatic nitrogens is 6. The first kappa shape index (κ1) is 14.0. The maximum Gasteiger partial charge on any atom is 0.233 e. The standard InChI is InChI=1S/C15H14N6OS/c1-10-12(4-7-22-10)13-18-19-15(20(13)2)23-9-11-8-21-6-3-5-16-14(21)17-11/h3-8H,9H2,1-2H3. The van der Waals surface area contributed by atoms with Gasteiger partial charge in [0.05, 0.1) is 17.5 Å². The molecular weight excluding hydrogens is 312 g/mol. The number of nitrogens with zero attached hydrogens (tertiary/aromatic N) is 6. The predicted octanol–water partition coefficient (Wildman–Crippen LogP) is 2.72. The van der Waals surface area contributed by atoms with Crippen molar-refractivity contribution in [2.24, 2.45) is 7.05 Å². The van der Waals surface area contributed by atoms with Crippen molar-refractivity contribution in [3.8, 4) is 11.4 Å². The highest BCUT2D eigenvalue weighted by molar-refractivity contribution is 7.98. The second-order valence-electron chi connectivity index (χ2n) is 5.10. The van der Waals surface area contributed by atoms with Crippen molar-refractivity contribution in [2.45, 2.75) is 17.8 Å². The molecule has 0 atom stereocenters. The Kier molecular flexibility index (Phi) is 3.38. The second-order valence-corrected chi connectivity index (χ2v) is 6.05. The zero-order valence-electron chi connectivity index (χ0n) is 12.7. The van der Waals surface area contributed by atoms with Crippen LogP contribution in [0.4, 0.5) is 0 Å². The smallest absolute Gasteiger partial charge is 0.233 e. The van der Waals surface area contributed by atoms with Gasteiger partial charge in [-0.25, -0.2) is 9.97 Å². The lowest BCUT2D eigenvalue weighted by Crippen LogP contribution is -1.95. The summed E-state index contributed by atoms with van der Waals surface area (Å²) >= 11 is 1.59. The molecule has 0 amide bonds. The number of thioether (sulfide) groups is 1. The lowest BCUT2D eigenvalue weighted by molar-refractivity contribution is 0.534. The van der Waals surface area contributed by atoms with Gasteiger partial charge in [0.25, 0.3) is 0 Å². The van der Waals surface area contributed by atoms with E-state index in [0.29, 0.717) is 11.5 Å². The van der Waals surface area contributed by atoms with Gasteiger partial charge in [-0.15, -0.1) is 10.2 Å². The van der Waals surface area contributed by atoms with Crippen LogP contribution < -0.4 is 0 Å². The Labute approximate surface area is 136 Å². The molecule has 4 rings (SSSR count). The molecule has 0 radical (unpaired) electrons. The highest BCUT2D eigenvalue weighted by Crippen LogP contribution is 2.27. The maximum atomic E-state index is 5.34.